The van der Waals surface area contributed by atoms with Crippen molar-refractivity contribution in [2.75, 3.05) is 13.4 Å². The Balaban J connectivity index is 0.00000228. The third kappa shape index (κ3) is 4.80. The zero-order valence-electron chi connectivity index (χ0n) is 21.4. The first-order valence-electron chi connectivity index (χ1n) is 11.4. The number of hydrogen-bond acceptors (Lipinski definition) is 9. The van der Waals surface area contributed by atoms with E-state index in [0.717, 1.165) is 0 Å². The van der Waals surface area contributed by atoms with Crippen LogP contribution >= 0.6 is 7.82 Å². The number of aliphatic hydroxyl groups is 2. The van der Waals surface area contributed by atoms with E-state index in [4.69, 9.17) is 4.74 Å². The maximum absolute atomic E-state index is 17.1. The average molecular weight is 546 g/mol. The minimum absolute atomic E-state index is 0. The van der Waals surface area contributed by atoms with Crippen molar-refractivity contribution in [2.24, 2.45) is 28.6 Å². The topological polar surface area (TPSA) is 156 Å². The first-order valence-corrected chi connectivity index (χ1v) is 12.9. The zero-order valence-corrected chi connectivity index (χ0v) is 26.3. The van der Waals surface area contributed by atoms with Crippen molar-refractivity contribution in [1.29, 1.82) is 0 Å². The van der Waals surface area contributed by atoms with Gasteiger partial charge >= 0.3 is 59.1 Å². The van der Waals surface area contributed by atoms with Crippen LogP contribution in [0.3, 0.4) is 0 Å². The Morgan fingerprint density at radius 2 is 1.92 bits per heavy atom. The first kappa shape index (κ1) is 32.9. The number of ether oxygens (including phenoxy) is 1. The molecule has 0 aromatic heterocycles. The van der Waals surface area contributed by atoms with Crippen molar-refractivity contribution in [3.63, 3.8) is 0 Å². The summed E-state index contributed by atoms with van der Waals surface area (Å²) in [6.07, 6.45) is 3.78. The fourth-order valence-electron chi connectivity index (χ4n) is 7.49. The second-order valence-electron chi connectivity index (χ2n) is 10.6. The van der Waals surface area contributed by atoms with Crippen molar-refractivity contribution in [3.8, 4) is 0 Å². The fourth-order valence-corrected chi connectivity index (χ4v) is 7.69. The molecule has 0 saturated heterocycles. The van der Waals surface area contributed by atoms with E-state index >= 15 is 4.39 Å². The van der Waals surface area contributed by atoms with E-state index in [1.54, 1.807) is 20.8 Å². The molecule has 8 atom stereocenters. The van der Waals surface area contributed by atoms with Crippen molar-refractivity contribution in [2.45, 2.75) is 63.8 Å². The predicted octanol–water partition coefficient (Wildman–Crippen LogP) is -5.27. The van der Waals surface area contributed by atoms with E-state index < -0.39 is 73.0 Å². The molecule has 4 aliphatic rings. The van der Waals surface area contributed by atoms with Crippen LogP contribution in [-0.4, -0.2) is 52.6 Å². The first-order chi connectivity index (χ1) is 15.6. The maximum atomic E-state index is 17.1. The summed E-state index contributed by atoms with van der Waals surface area (Å²) >= 11 is 0. The predicted molar refractivity (Wildman–Crippen MR) is 112 cm³/mol. The number of allylic oxidation sites excluding steroid dienone is 4. The molecule has 0 heterocycles. The molecule has 36 heavy (non-hydrogen) atoms. The molecule has 9 nitrogen and oxygen atoms in total. The number of hydrogen-bond donors (Lipinski definition) is 2. The van der Waals surface area contributed by atoms with Gasteiger partial charge in [0.2, 0.25) is 0 Å². The maximum Gasteiger partial charge on any atom is 1.00 e. The molecule has 190 valence electrons. The van der Waals surface area contributed by atoms with E-state index in [-0.39, 0.29) is 71.3 Å². The van der Waals surface area contributed by atoms with Crippen LogP contribution in [0.1, 0.15) is 46.5 Å². The van der Waals surface area contributed by atoms with Crippen molar-refractivity contribution < 1.29 is 107 Å². The fraction of sp³-hybridized carbons (Fsp3) is 0.739. The summed E-state index contributed by atoms with van der Waals surface area (Å²) in [4.78, 5) is 46.2. The largest absolute Gasteiger partial charge is 1.00 e. The van der Waals surface area contributed by atoms with E-state index in [1.807, 2.05) is 0 Å². The molecular weight excluding hydrogens is 516 g/mol. The number of halogens is 1. The molecule has 8 unspecified atom stereocenters. The third-order valence-corrected chi connectivity index (χ3v) is 9.60. The van der Waals surface area contributed by atoms with Crippen LogP contribution in [0.15, 0.2) is 23.8 Å². The number of alkyl halides is 1. The van der Waals surface area contributed by atoms with Crippen LogP contribution in [-0.2, 0) is 23.4 Å². The van der Waals surface area contributed by atoms with Gasteiger partial charge < -0.3 is 33.8 Å². The average Bonchev–Trinajstić information content (AvgIpc) is 2.93. The van der Waals surface area contributed by atoms with Gasteiger partial charge in [-0.1, -0.05) is 25.5 Å². The van der Waals surface area contributed by atoms with E-state index in [9.17, 15) is 34.2 Å². The summed E-state index contributed by atoms with van der Waals surface area (Å²) < 4.78 is 36.5. The van der Waals surface area contributed by atoms with E-state index in [0.29, 0.717) is 24.8 Å². The van der Waals surface area contributed by atoms with Gasteiger partial charge in [0.05, 0.1) is 13.9 Å². The number of Topliss-reactive ketones (excluding diaryl/α,β-unsaturated/α-hetero) is 1. The Morgan fingerprint density at radius 3 is 2.53 bits per heavy atom. The van der Waals surface area contributed by atoms with Crippen LogP contribution in [0.5, 0.6) is 0 Å². The van der Waals surface area contributed by atoms with Crippen LogP contribution in [0, 0.1) is 28.6 Å². The van der Waals surface area contributed by atoms with Gasteiger partial charge in [-0.15, -0.1) is 0 Å². The van der Waals surface area contributed by atoms with Gasteiger partial charge in [-0.3, -0.25) is 9.59 Å². The summed E-state index contributed by atoms with van der Waals surface area (Å²) in [5.74, 6) is -2.65. The van der Waals surface area contributed by atoms with Gasteiger partial charge in [0, 0.05) is 16.7 Å². The molecule has 3 fully saturated rings. The Morgan fingerprint density at radius 1 is 1.28 bits per heavy atom. The Kier molecular flexibility index (Phi) is 10.0. The minimum atomic E-state index is -5.28. The van der Waals surface area contributed by atoms with Gasteiger partial charge in [-0.05, 0) is 56.6 Å². The quantitative estimate of drug-likeness (QED) is 0.144. The molecule has 4 rings (SSSR count). The molecule has 0 radical (unpaired) electrons. The number of fused-ring (bicyclic) bond motifs is 5. The van der Waals surface area contributed by atoms with Gasteiger partial charge in [0.25, 0.3) is 0 Å². The molecule has 0 aromatic carbocycles. The number of ketones is 2. The van der Waals surface area contributed by atoms with Gasteiger partial charge in [-0.2, -0.15) is 0 Å². The van der Waals surface area contributed by atoms with Crippen LogP contribution in [0.2, 0.25) is 0 Å². The Hall–Kier alpha value is 0.740. The smallest absolute Gasteiger partial charge is 0.790 e. The molecule has 0 aromatic rings. The molecule has 13 heteroatoms. The molecule has 0 spiro atoms. The standard InChI is InChI=1S/C23H32FO9P.2Na/c1-13-8-17-16-5-4-14-9-15(25)6-7-20(14,2)22(16,24)18(26)10-21(17,3)23(13,28)19(27)11-32-12-33-34(29,30)31;;/h6-7,9,13,16-18,26,28H,4-5,8,10-12H2,1-3H3,(H2,29,30,31);;/q;2*+1/p-2. The molecule has 0 aliphatic heterocycles. The summed E-state index contributed by atoms with van der Waals surface area (Å²) in [5, 5.41) is 23.0. The second-order valence-corrected chi connectivity index (χ2v) is 11.8. The molecule has 3 saturated carbocycles. The summed E-state index contributed by atoms with van der Waals surface area (Å²) in [7, 11) is -5.28. The number of phosphoric ester groups is 1. The summed E-state index contributed by atoms with van der Waals surface area (Å²) in [6, 6.07) is 0. The van der Waals surface area contributed by atoms with Crippen LogP contribution < -0.4 is 68.9 Å². The van der Waals surface area contributed by atoms with Crippen LogP contribution in [0.25, 0.3) is 0 Å². The number of carbonyl (C=O) groups excluding carboxylic acids is 2. The zero-order chi connectivity index (χ0) is 25.3. The number of carbonyl (C=O) groups is 2. The monoisotopic (exact) mass is 546 g/mol. The molecule has 2 N–H and O–H groups in total. The minimum Gasteiger partial charge on any atom is -0.790 e. The third-order valence-electron chi connectivity index (χ3n) is 9.17. The van der Waals surface area contributed by atoms with Gasteiger partial charge in [0.15, 0.2) is 24.0 Å². The number of phosphoric acid groups is 1. The number of rotatable bonds is 6. The Labute approximate surface area is 254 Å². The normalized spacial score (nSPS) is 43.3. The Bertz CT molecular complexity index is 1020. The van der Waals surface area contributed by atoms with Gasteiger partial charge in [-0.25, -0.2) is 4.39 Å². The van der Waals surface area contributed by atoms with Crippen molar-refractivity contribution in [3.05, 3.63) is 23.8 Å². The molecule has 4 aliphatic carbocycles. The van der Waals surface area contributed by atoms with E-state index in [1.165, 1.54) is 18.2 Å². The van der Waals surface area contributed by atoms with Crippen molar-refractivity contribution >= 4 is 19.4 Å². The summed E-state index contributed by atoms with van der Waals surface area (Å²) in [6.45, 7) is 3.38. The SMILES string of the molecule is CC1CC2C3CCC4=CC(=O)C=CC4(C)C3(F)C(O)CC2(C)C1(O)C(=O)COCOP(=O)([O-])[O-].[Na+].[Na+]. The number of aliphatic hydroxyl groups excluding tert-OH is 1. The van der Waals surface area contributed by atoms with Crippen LogP contribution in [0.4, 0.5) is 4.39 Å². The van der Waals surface area contributed by atoms with Crippen molar-refractivity contribution in [1.82, 2.24) is 0 Å². The second kappa shape index (κ2) is 11.0. The molecule has 0 bridgehead atoms. The molecule has 0 amide bonds. The molecular formula is C23H30FNa2O9P. The van der Waals surface area contributed by atoms with Gasteiger partial charge in [0.1, 0.15) is 12.2 Å². The van der Waals surface area contributed by atoms with E-state index in [2.05, 4.69) is 4.52 Å². The summed E-state index contributed by atoms with van der Waals surface area (Å²) in [5.41, 5.74) is -5.76.